The van der Waals surface area contributed by atoms with Crippen LogP contribution in [0.5, 0.6) is 0 Å². The van der Waals surface area contributed by atoms with Crippen LogP contribution >= 0.6 is 11.3 Å². The van der Waals surface area contributed by atoms with Crippen molar-refractivity contribution in [2.75, 3.05) is 6.54 Å². The van der Waals surface area contributed by atoms with Gasteiger partial charge in [-0.2, -0.15) is 0 Å². The molecule has 1 aromatic carbocycles. The van der Waals surface area contributed by atoms with Gasteiger partial charge in [-0.15, -0.1) is 11.3 Å². The average Bonchev–Trinajstić information content (AvgIpc) is 2.78. The molecule has 2 aromatic rings. The quantitative estimate of drug-likeness (QED) is 0.786. The number of carbonyl (C=O) groups is 1. The Morgan fingerprint density at radius 1 is 1.44 bits per heavy atom. The van der Waals surface area contributed by atoms with E-state index in [1.54, 1.807) is 0 Å². The van der Waals surface area contributed by atoms with Crippen molar-refractivity contribution in [2.45, 2.75) is 25.8 Å². The van der Waals surface area contributed by atoms with E-state index in [2.05, 4.69) is 42.6 Å². The highest BCUT2D eigenvalue weighted by molar-refractivity contribution is 7.19. The largest absolute Gasteiger partial charge is 0.370 e. The van der Waals surface area contributed by atoms with Crippen molar-refractivity contribution in [1.82, 2.24) is 5.32 Å². The lowest BCUT2D eigenvalue weighted by Gasteiger charge is -2.11. The minimum absolute atomic E-state index is 0.230. The zero-order valence-electron chi connectivity index (χ0n) is 10.5. The van der Waals surface area contributed by atoms with E-state index in [0.717, 1.165) is 13.0 Å². The van der Waals surface area contributed by atoms with E-state index in [9.17, 15) is 4.79 Å². The van der Waals surface area contributed by atoms with E-state index in [4.69, 9.17) is 5.73 Å². The lowest BCUT2D eigenvalue weighted by atomic mass is 10.2. The number of rotatable bonds is 6. The molecule has 1 unspecified atom stereocenters. The first-order valence-electron chi connectivity index (χ1n) is 6.17. The fourth-order valence-corrected chi connectivity index (χ4v) is 2.99. The maximum atomic E-state index is 10.6. The first-order valence-corrected chi connectivity index (χ1v) is 6.98. The summed E-state index contributed by atoms with van der Waals surface area (Å²) in [5.74, 6) is -0.230. The van der Waals surface area contributed by atoms with Gasteiger partial charge in [-0.3, -0.25) is 4.79 Å². The summed E-state index contributed by atoms with van der Waals surface area (Å²) in [6, 6.07) is 10.9. The number of fused-ring (bicyclic) bond motifs is 1. The summed E-state index contributed by atoms with van der Waals surface area (Å²) in [5, 5.41) is 4.71. The minimum atomic E-state index is -0.230. The minimum Gasteiger partial charge on any atom is -0.370 e. The zero-order valence-corrected chi connectivity index (χ0v) is 11.3. The highest BCUT2D eigenvalue weighted by Crippen LogP contribution is 2.29. The van der Waals surface area contributed by atoms with Crippen molar-refractivity contribution in [3.05, 3.63) is 35.2 Å². The first-order chi connectivity index (χ1) is 8.66. The summed E-state index contributed by atoms with van der Waals surface area (Å²) in [5.41, 5.74) is 5.11. The van der Waals surface area contributed by atoms with E-state index >= 15 is 0 Å². The first kappa shape index (κ1) is 13.1. The Balaban J connectivity index is 1.92. The van der Waals surface area contributed by atoms with Crippen LogP contribution in [0.15, 0.2) is 30.3 Å². The number of primary amides is 1. The van der Waals surface area contributed by atoms with Gasteiger partial charge in [-0.25, -0.2) is 0 Å². The number of thiophene rings is 1. The molecule has 0 bridgehead atoms. The van der Waals surface area contributed by atoms with Gasteiger partial charge in [-0.1, -0.05) is 18.2 Å². The maximum absolute atomic E-state index is 10.6. The molecule has 0 aliphatic rings. The Bertz CT molecular complexity index is 502. The molecule has 0 aliphatic carbocycles. The molecule has 0 saturated carbocycles. The van der Waals surface area contributed by atoms with Gasteiger partial charge < -0.3 is 11.1 Å². The predicted molar refractivity (Wildman–Crippen MR) is 76.7 cm³/mol. The molecule has 0 spiro atoms. The van der Waals surface area contributed by atoms with Gasteiger partial charge in [0.15, 0.2) is 0 Å². The summed E-state index contributed by atoms with van der Waals surface area (Å²) in [4.78, 5) is 12.0. The number of benzene rings is 1. The molecular formula is C14H18N2OS. The van der Waals surface area contributed by atoms with Crippen LogP contribution in [0.25, 0.3) is 10.1 Å². The average molecular weight is 262 g/mol. The van der Waals surface area contributed by atoms with Crippen molar-refractivity contribution in [3.8, 4) is 0 Å². The van der Waals surface area contributed by atoms with E-state index in [0.29, 0.717) is 12.5 Å². The fourth-order valence-electron chi connectivity index (χ4n) is 1.90. The SMILES string of the molecule is CC(NCCCC(N)=O)c1cc2ccccc2s1. The molecule has 1 aromatic heterocycles. The third kappa shape index (κ3) is 3.31. The lowest BCUT2D eigenvalue weighted by molar-refractivity contribution is -0.118. The number of nitrogens with one attached hydrogen (secondary N) is 1. The van der Waals surface area contributed by atoms with Gasteiger partial charge in [0.25, 0.3) is 0 Å². The molecule has 3 nitrogen and oxygen atoms in total. The van der Waals surface area contributed by atoms with E-state index in [1.807, 2.05) is 11.3 Å². The zero-order chi connectivity index (χ0) is 13.0. The molecule has 0 saturated heterocycles. The van der Waals surface area contributed by atoms with Crippen LogP contribution in [0, 0.1) is 0 Å². The predicted octanol–water partition coefficient (Wildman–Crippen LogP) is 2.82. The van der Waals surface area contributed by atoms with E-state index in [-0.39, 0.29) is 5.91 Å². The summed E-state index contributed by atoms with van der Waals surface area (Å²) in [6.45, 7) is 2.97. The second kappa shape index (κ2) is 5.98. The van der Waals surface area contributed by atoms with Crippen molar-refractivity contribution in [1.29, 1.82) is 0 Å². The van der Waals surface area contributed by atoms with Gasteiger partial charge in [0.2, 0.25) is 5.91 Å². The van der Waals surface area contributed by atoms with Crippen molar-refractivity contribution in [3.63, 3.8) is 0 Å². The lowest BCUT2D eigenvalue weighted by Crippen LogP contribution is -2.21. The molecule has 1 heterocycles. The Kier molecular flexibility index (Phi) is 4.33. The Morgan fingerprint density at radius 2 is 2.22 bits per heavy atom. The molecule has 2 rings (SSSR count). The van der Waals surface area contributed by atoms with Crippen molar-refractivity contribution < 1.29 is 4.79 Å². The molecular weight excluding hydrogens is 244 g/mol. The van der Waals surface area contributed by atoms with E-state index in [1.165, 1.54) is 15.0 Å². The highest BCUT2D eigenvalue weighted by Gasteiger charge is 2.08. The maximum Gasteiger partial charge on any atom is 0.217 e. The van der Waals surface area contributed by atoms with Gasteiger partial charge in [0, 0.05) is 22.0 Å². The van der Waals surface area contributed by atoms with Gasteiger partial charge in [-0.05, 0) is 37.4 Å². The van der Waals surface area contributed by atoms with E-state index < -0.39 is 0 Å². The van der Waals surface area contributed by atoms with Gasteiger partial charge >= 0.3 is 0 Å². The fraction of sp³-hybridized carbons (Fsp3) is 0.357. The Morgan fingerprint density at radius 3 is 2.94 bits per heavy atom. The second-order valence-electron chi connectivity index (χ2n) is 4.43. The number of hydrogen-bond donors (Lipinski definition) is 2. The van der Waals surface area contributed by atoms with Crippen LogP contribution in [0.2, 0.25) is 0 Å². The molecule has 1 amide bonds. The van der Waals surface area contributed by atoms with Gasteiger partial charge in [0.1, 0.15) is 0 Å². The number of amides is 1. The monoisotopic (exact) mass is 262 g/mol. The molecule has 18 heavy (non-hydrogen) atoms. The molecule has 0 fully saturated rings. The standard InChI is InChI=1S/C14H18N2OS/c1-10(16-8-4-7-14(15)17)13-9-11-5-2-3-6-12(11)18-13/h2-3,5-6,9-10,16H,4,7-8H2,1H3,(H2,15,17). The molecule has 3 N–H and O–H groups in total. The highest BCUT2D eigenvalue weighted by atomic mass is 32.1. The molecule has 4 heteroatoms. The molecule has 0 radical (unpaired) electrons. The van der Waals surface area contributed by atoms with Crippen molar-refractivity contribution in [2.24, 2.45) is 5.73 Å². The Labute approximate surface area is 111 Å². The summed E-state index contributed by atoms with van der Waals surface area (Å²) >= 11 is 1.82. The molecule has 0 aliphatic heterocycles. The number of hydrogen-bond acceptors (Lipinski definition) is 3. The number of carbonyl (C=O) groups excluding carboxylic acids is 1. The Hall–Kier alpha value is -1.39. The topological polar surface area (TPSA) is 55.1 Å². The summed E-state index contributed by atoms with van der Waals surface area (Å²) < 4.78 is 1.32. The van der Waals surface area contributed by atoms with Crippen LogP contribution in [-0.2, 0) is 4.79 Å². The van der Waals surface area contributed by atoms with Crippen LogP contribution < -0.4 is 11.1 Å². The third-order valence-corrected chi connectivity index (χ3v) is 4.22. The molecule has 1 atom stereocenters. The van der Waals surface area contributed by atoms with Crippen molar-refractivity contribution >= 4 is 27.3 Å². The van der Waals surface area contributed by atoms with Gasteiger partial charge in [0.05, 0.1) is 0 Å². The smallest absolute Gasteiger partial charge is 0.217 e. The van der Waals surface area contributed by atoms with Crippen LogP contribution in [0.1, 0.15) is 30.7 Å². The third-order valence-electron chi connectivity index (χ3n) is 2.92. The normalized spacial score (nSPS) is 12.7. The number of nitrogens with two attached hydrogens (primary N) is 1. The van der Waals surface area contributed by atoms with Crippen LogP contribution in [0.4, 0.5) is 0 Å². The summed E-state index contributed by atoms with van der Waals surface area (Å²) in [7, 11) is 0. The summed E-state index contributed by atoms with van der Waals surface area (Å²) in [6.07, 6.45) is 1.25. The van der Waals surface area contributed by atoms with Crippen LogP contribution in [0.3, 0.4) is 0 Å². The molecule has 96 valence electrons. The second-order valence-corrected chi connectivity index (χ2v) is 5.55. The van der Waals surface area contributed by atoms with Crippen LogP contribution in [-0.4, -0.2) is 12.5 Å².